The maximum Gasteiger partial charge on any atom is 0.292 e. The van der Waals surface area contributed by atoms with E-state index in [1.54, 1.807) is 18.2 Å². The normalized spacial score (nSPS) is 11.8. The summed E-state index contributed by atoms with van der Waals surface area (Å²) in [5.74, 6) is 0. The van der Waals surface area contributed by atoms with E-state index in [4.69, 9.17) is 0 Å². The van der Waals surface area contributed by atoms with Gasteiger partial charge >= 0.3 is 0 Å². The third-order valence-corrected chi connectivity index (χ3v) is 7.68. The molecule has 0 unspecified atom stereocenters. The Hall–Kier alpha value is -4.70. The first-order valence-electron chi connectivity index (χ1n) is 14.4. The minimum absolute atomic E-state index is 0.0371. The maximum atomic E-state index is 12.0. The van der Waals surface area contributed by atoms with Crippen LogP contribution in [-0.2, 0) is 10.8 Å². The number of rotatable bonds is 6. The Balaban J connectivity index is 1.78. The zero-order valence-corrected chi connectivity index (χ0v) is 25.2. The van der Waals surface area contributed by atoms with Crippen LogP contribution in [-0.4, -0.2) is 4.92 Å². The van der Waals surface area contributed by atoms with Crippen molar-refractivity contribution in [2.45, 2.75) is 52.4 Å². The molecule has 5 aromatic rings. The number of anilines is 2. The summed E-state index contributed by atoms with van der Waals surface area (Å²) in [4.78, 5) is 11.7. The largest absolute Gasteiger partial charge is 0.349 e. The Morgan fingerprint density at radius 3 is 1.69 bits per heavy atom. The van der Waals surface area contributed by atoms with Crippen LogP contribution in [0.15, 0.2) is 115 Å². The standard InChI is InChI=1S/C38H38N2O2/c1-37(2,3)30-23-29(24-31(25-30)38(4,5)6)33-19-13-18-32(36(33)39-34-20-10-11-21-35(34)40(41)42)28-17-12-16-27(22-28)26-14-8-7-9-15-26/h7-25,39H,1-6H3. The highest BCUT2D eigenvalue weighted by Gasteiger charge is 2.23. The van der Waals surface area contributed by atoms with Gasteiger partial charge in [0.25, 0.3) is 5.69 Å². The van der Waals surface area contributed by atoms with E-state index >= 15 is 0 Å². The first-order chi connectivity index (χ1) is 19.9. The van der Waals surface area contributed by atoms with Gasteiger partial charge in [-0.1, -0.05) is 139 Å². The molecule has 0 spiro atoms. The van der Waals surface area contributed by atoms with Gasteiger partial charge < -0.3 is 5.32 Å². The second-order valence-electron chi connectivity index (χ2n) is 12.9. The van der Waals surface area contributed by atoms with Crippen molar-refractivity contribution in [2.75, 3.05) is 5.32 Å². The lowest BCUT2D eigenvalue weighted by Crippen LogP contribution is -2.16. The highest BCUT2D eigenvalue weighted by Crippen LogP contribution is 2.43. The summed E-state index contributed by atoms with van der Waals surface area (Å²) in [7, 11) is 0. The van der Waals surface area contributed by atoms with Crippen molar-refractivity contribution in [3.05, 3.63) is 137 Å². The van der Waals surface area contributed by atoms with Gasteiger partial charge in [-0.15, -0.1) is 0 Å². The fourth-order valence-corrected chi connectivity index (χ4v) is 5.19. The smallest absolute Gasteiger partial charge is 0.292 e. The SMILES string of the molecule is CC(C)(C)c1cc(-c2cccc(-c3cccc(-c4ccccc4)c3)c2Nc2ccccc2[N+](=O)[O-])cc(C(C)(C)C)c1. The highest BCUT2D eigenvalue weighted by molar-refractivity contribution is 5.94. The molecule has 0 aliphatic heterocycles. The van der Waals surface area contributed by atoms with Gasteiger partial charge in [0.1, 0.15) is 5.69 Å². The third-order valence-electron chi connectivity index (χ3n) is 7.68. The lowest BCUT2D eigenvalue weighted by Gasteiger charge is -2.27. The van der Waals surface area contributed by atoms with Crippen LogP contribution in [0.2, 0.25) is 0 Å². The van der Waals surface area contributed by atoms with Gasteiger partial charge in [-0.3, -0.25) is 10.1 Å². The minimum atomic E-state index is -0.335. The summed E-state index contributed by atoms with van der Waals surface area (Å²) in [5, 5.41) is 15.5. The van der Waals surface area contributed by atoms with Gasteiger partial charge in [-0.25, -0.2) is 0 Å². The number of nitro benzene ring substituents is 1. The Kier molecular flexibility index (Phi) is 7.74. The second kappa shape index (κ2) is 11.3. The van der Waals surface area contributed by atoms with Crippen molar-refractivity contribution in [2.24, 2.45) is 0 Å². The molecule has 5 aromatic carbocycles. The van der Waals surface area contributed by atoms with Crippen LogP contribution >= 0.6 is 0 Å². The summed E-state index contributed by atoms with van der Waals surface area (Å²) in [5.41, 5.74) is 10.0. The molecule has 0 saturated carbocycles. The van der Waals surface area contributed by atoms with Crippen LogP contribution < -0.4 is 5.32 Å². The van der Waals surface area contributed by atoms with E-state index < -0.39 is 0 Å². The number of nitrogens with one attached hydrogen (secondary N) is 1. The van der Waals surface area contributed by atoms with Crippen molar-refractivity contribution in [1.82, 2.24) is 0 Å². The minimum Gasteiger partial charge on any atom is -0.349 e. The van der Waals surface area contributed by atoms with Gasteiger partial charge in [0.2, 0.25) is 0 Å². The molecule has 0 saturated heterocycles. The Bertz CT molecular complexity index is 1710. The lowest BCUT2D eigenvalue weighted by molar-refractivity contribution is -0.383. The summed E-state index contributed by atoms with van der Waals surface area (Å²) >= 11 is 0. The molecule has 0 aliphatic carbocycles. The monoisotopic (exact) mass is 554 g/mol. The average Bonchev–Trinajstić information content (AvgIpc) is 2.97. The first kappa shape index (κ1) is 28.8. The number of benzene rings is 5. The molecule has 0 heterocycles. The fraction of sp³-hybridized carbons (Fsp3) is 0.211. The molecule has 0 aliphatic rings. The summed E-state index contributed by atoms with van der Waals surface area (Å²) < 4.78 is 0. The number of nitro groups is 1. The number of hydrogen-bond acceptors (Lipinski definition) is 3. The molecule has 0 amide bonds. The van der Waals surface area contributed by atoms with E-state index in [-0.39, 0.29) is 21.4 Å². The Morgan fingerprint density at radius 1 is 0.548 bits per heavy atom. The van der Waals surface area contributed by atoms with E-state index in [1.807, 2.05) is 24.3 Å². The van der Waals surface area contributed by atoms with Crippen LogP contribution in [0, 0.1) is 10.1 Å². The summed E-state index contributed by atoms with van der Waals surface area (Å²) in [6, 6.07) is 38.7. The molecule has 0 radical (unpaired) electrons. The zero-order valence-electron chi connectivity index (χ0n) is 25.2. The molecule has 212 valence electrons. The quantitative estimate of drug-likeness (QED) is 0.168. The predicted octanol–water partition coefficient (Wildman–Crippen LogP) is 10.9. The number of nitrogens with zero attached hydrogens (tertiary/aromatic N) is 1. The highest BCUT2D eigenvalue weighted by atomic mass is 16.6. The van der Waals surface area contributed by atoms with Crippen molar-refractivity contribution < 1.29 is 4.92 Å². The van der Waals surface area contributed by atoms with E-state index in [0.717, 1.165) is 39.1 Å². The van der Waals surface area contributed by atoms with Crippen molar-refractivity contribution in [3.8, 4) is 33.4 Å². The van der Waals surface area contributed by atoms with Gasteiger partial charge in [-0.05, 0) is 56.3 Å². The van der Waals surface area contributed by atoms with Crippen molar-refractivity contribution in [1.29, 1.82) is 0 Å². The number of para-hydroxylation sites is 3. The molecular weight excluding hydrogens is 516 g/mol. The van der Waals surface area contributed by atoms with Crippen LogP contribution in [0.25, 0.3) is 33.4 Å². The maximum absolute atomic E-state index is 12.0. The van der Waals surface area contributed by atoms with E-state index in [2.05, 4.69) is 120 Å². The fourth-order valence-electron chi connectivity index (χ4n) is 5.19. The topological polar surface area (TPSA) is 55.2 Å². The predicted molar refractivity (Wildman–Crippen MR) is 177 cm³/mol. The molecule has 0 atom stereocenters. The molecule has 1 N–H and O–H groups in total. The van der Waals surface area contributed by atoms with Crippen molar-refractivity contribution >= 4 is 17.1 Å². The number of hydrogen-bond donors (Lipinski definition) is 1. The third kappa shape index (κ3) is 6.13. The van der Waals surface area contributed by atoms with Crippen LogP contribution in [0.3, 0.4) is 0 Å². The first-order valence-corrected chi connectivity index (χ1v) is 14.4. The average molecular weight is 555 g/mol. The van der Waals surface area contributed by atoms with E-state index in [1.165, 1.54) is 11.1 Å². The molecule has 42 heavy (non-hydrogen) atoms. The van der Waals surface area contributed by atoms with Crippen LogP contribution in [0.4, 0.5) is 17.1 Å². The molecule has 4 heteroatoms. The summed E-state index contributed by atoms with van der Waals surface area (Å²) in [6.45, 7) is 13.4. The van der Waals surface area contributed by atoms with Gasteiger partial charge in [0, 0.05) is 17.2 Å². The lowest BCUT2D eigenvalue weighted by atomic mass is 9.78. The molecule has 5 rings (SSSR count). The molecular formula is C38H38N2O2. The summed E-state index contributed by atoms with van der Waals surface area (Å²) in [6.07, 6.45) is 0. The molecule has 0 aromatic heterocycles. The van der Waals surface area contributed by atoms with Gasteiger partial charge in [-0.2, -0.15) is 0 Å². The zero-order chi connectivity index (χ0) is 30.1. The molecule has 0 fully saturated rings. The van der Waals surface area contributed by atoms with Crippen LogP contribution in [0.5, 0.6) is 0 Å². The molecule has 0 bridgehead atoms. The van der Waals surface area contributed by atoms with Gasteiger partial charge in [0.15, 0.2) is 0 Å². The van der Waals surface area contributed by atoms with Crippen LogP contribution in [0.1, 0.15) is 52.7 Å². The second-order valence-corrected chi connectivity index (χ2v) is 12.9. The van der Waals surface area contributed by atoms with E-state index in [9.17, 15) is 10.1 Å². The Morgan fingerprint density at radius 2 is 1.07 bits per heavy atom. The van der Waals surface area contributed by atoms with E-state index in [0.29, 0.717) is 5.69 Å². The molecule has 4 nitrogen and oxygen atoms in total. The van der Waals surface area contributed by atoms with Crippen molar-refractivity contribution in [3.63, 3.8) is 0 Å². The van der Waals surface area contributed by atoms with Gasteiger partial charge in [0.05, 0.1) is 10.6 Å². The Labute approximate surface area is 249 Å².